The van der Waals surface area contributed by atoms with Gasteiger partial charge in [0.05, 0.1) is 6.61 Å². The number of halogens is 1. The van der Waals surface area contributed by atoms with Gasteiger partial charge < -0.3 is 9.64 Å². The van der Waals surface area contributed by atoms with Gasteiger partial charge in [-0.15, -0.1) is 0 Å². The second-order valence-corrected chi connectivity index (χ2v) is 6.00. The van der Waals surface area contributed by atoms with E-state index in [0.717, 1.165) is 0 Å². The van der Waals surface area contributed by atoms with Crippen LogP contribution in [0.3, 0.4) is 0 Å². The smallest absolute Gasteiger partial charge is 0.327 e. The molecular weight excluding hydrogens is 308 g/mol. The Bertz CT molecular complexity index is 520. The molecule has 1 atom stereocenters. The minimum absolute atomic E-state index is 0.0908. The molecule has 2 aliphatic rings. The molecule has 3 amide bonds. The molecule has 7 heteroatoms. The highest BCUT2D eigenvalue weighted by molar-refractivity contribution is 6.30. The standard InChI is InChI=1S/C15H21ClN2O4/c1-3-8-17-13(20)15(7-5-12(19)22-4-2)10-11(16)6-9-18(15)14(17)21/h6H,3-5,7-10H2,1-2H3. The zero-order valence-electron chi connectivity index (χ0n) is 12.9. The van der Waals surface area contributed by atoms with Gasteiger partial charge in [-0.05, 0) is 19.8 Å². The summed E-state index contributed by atoms with van der Waals surface area (Å²) in [6.45, 7) is 4.62. The highest BCUT2D eigenvalue weighted by atomic mass is 35.5. The number of esters is 1. The number of amides is 3. The second-order valence-electron chi connectivity index (χ2n) is 5.51. The van der Waals surface area contributed by atoms with Crippen molar-refractivity contribution in [3.05, 3.63) is 11.1 Å². The molecular formula is C15H21ClN2O4. The van der Waals surface area contributed by atoms with E-state index in [1.807, 2.05) is 6.92 Å². The number of hydrogen-bond acceptors (Lipinski definition) is 4. The predicted octanol–water partition coefficient (Wildman–Crippen LogP) is 2.27. The van der Waals surface area contributed by atoms with Crippen LogP contribution in [-0.2, 0) is 14.3 Å². The molecule has 0 N–H and O–H groups in total. The molecule has 0 bridgehead atoms. The fourth-order valence-corrected chi connectivity index (χ4v) is 3.33. The van der Waals surface area contributed by atoms with Crippen molar-refractivity contribution in [1.82, 2.24) is 9.80 Å². The van der Waals surface area contributed by atoms with Crippen LogP contribution in [0.1, 0.15) is 39.5 Å². The lowest BCUT2D eigenvalue weighted by Crippen LogP contribution is -2.52. The Morgan fingerprint density at radius 3 is 2.77 bits per heavy atom. The molecule has 6 nitrogen and oxygen atoms in total. The Balaban J connectivity index is 2.25. The Morgan fingerprint density at radius 2 is 2.14 bits per heavy atom. The molecule has 0 saturated carbocycles. The number of urea groups is 1. The molecule has 1 saturated heterocycles. The fourth-order valence-electron chi connectivity index (χ4n) is 3.04. The van der Waals surface area contributed by atoms with E-state index >= 15 is 0 Å². The number of ether oxygens (including phenoxy) is 1. The number of fused-ring (bicyclic) bond motifs is 1. The lowest BCUT2D eigenvalue weighted by molar-refractivity contribution is -0.144. The maximum absolute atomic E-state index is 12.8. The van der Waals surface area contributed by atoms with E-state index in [0.29, 0.717) is 31.1 Å². The first-order valence-corrected chi connectivity index (χ1v) is 7.97. The van der Waals surface area contributed by atoms with E-state index < -0.39 is 5.54 Å². The van der Waals surface area contributed by atoms with Crippen LogP contribution in [0.2, 0.25) is 0 Å². The topological polar surface area (TPSA) is 66.9 Å². The molecule has 0 aromatic rings. The highest BCUT2D eigenvalue weighted by Gasteiger charge is 2.57. The van der Waals surface area contributed by atoms with Gasteiger partial charge in [0.25, 0.3) is 5.91 Å². The van der Waals surface area contributed by atoms with Gasteiger partial charge in [0.1, 0.15) is 5.54 Å². The van der Waals surface area contributed by atoms with Gasteiger partial charge in [-0.3, -0.25) is 14.5 Å². The minimum atomic E-state index is -1.04. The van der Waals surface area contributed by atoms with Crippen LogP contribution in [0, 0.1) is 0 Å². The van der Waals surface area contributed by atoms with Gasteiger partial charge in [0, 0.05) is 31.0 Å². The lowest BCUT2D eigenvalue weighted by atomic mass is 9.85. The maximum Gasteiger partial charge on any atom is 0.327 e. The van der Waals surface area contributed by atoms with Crippen molar-refractivity contribution in [2.45, 2.75) is 45.1 Å². The molecule has 0 spiro atoms. The van der Waals surface area contributed by atoms with Crippen molar-refractivity contribution in [2.75, 3.05) is 19.7 Å². The summed E-state index contributed by atoms with van der Waals surface area (Å²) in [5.74, 6) is -0.619. The van der Waals surface area contributed by atoms with Crippen LogP contribution >= 0.6 is 11.6 Å². The van der Waals surface area contributed by atoms with Crippen LogP contribution in [0.4, 0.5) is 4.79 Å². The van der Waals surface area contributed by atoms with E-state index in [-0.39, 0.29) is 37.2 Å². The van der Waals surface area contributed by atoms with Crippen LogP contribution < -0.4 is 0 Å². The van der Waals surface area contributed by atoms with E-state index in [9.17, 15) is 14.4 Å². The Morgan fingerprint density at radius 1 is 1.41 bits per heavy atom. The minimum Gasteiger partial charge on any atom is -0.466 e. The Hall–Kier alpha value is -1.56. The largest absolute Gasteiger partial charge is 0.466 e. The van der Waals surface area contributed by atoms with E-state index in [2.05, 4.69) is 0 Å². The number of carbonyl (C=O) groups excluding carboxylic acids is 3. The van der Waals surface area contributed by atoms with Crippen LogP contribution in [-0.4, -0.2) is 52.9 Å². The molecule has 2 aliphatic heterocycles. The first kappa shape index (κ1) is 16.8. The summed E-state index contributed by atoms with van der Waals surface area (Å²) in [7, 11) is 0. The summed E-state index contributed by atoms with van der Waals surface area (Å²) in [6, 6.07) is -0.295. The molecule has 1 fully saturated rings. The van der Waals surface area contributed by atoms with Crippen molar-refractivity contribution >= 4 is 29.5 Å². The summed E-state index contributed by atoms with van der Waals surface area (Å²) in [5, 5.41) is 0.555. The average molecular weight is 329 g/mol. The fraction of sp³-hybridized carbons (Fsp3) is 0.667. The van der Waals surface area contributed by atoms with Crippen LogP contribution in [0.25, 0.3) is 0 Å². The maximum atomic E-state index is 12.8. The lowest BCUT2D eigenvalue weighted by Gasteiger charge is -2.37. The summed E-state index contributed by atoms with van der Waals surface area (Å²) < 4.78 is 4.93. The summed E-state index contributed by atoms with van der Waals surface area (Å²) in [6.07, 6.45) is 3.03. The highest BCUT2D eigenvalue weighted by Crippen LogP contribution is 2.41. The Labute approximate surface area is 135 Å². The molecule has 2 heterocycles. The number of hydrogen-bond donors (Lipinski definition) is 0. The molecule has 1 unspecified atom stereocenters. The summed E-state index contributed by atoms with van der Waals surface area (Å²) >= 11 is 6.12. The molecule has 0 radical (unpaired) electrons. The van der Waals surface area contributed by atoms with Crippen molar-refractivity contribution in [3.63, 3.8) is 0 Å². The van der Waals surface area contributed by atoms with Gasteiger partial charge in [-0.25, -0.2) is 4.79 Å². The SMILES string of the molecule is CCCN1C(=O)N2CC=C(Cl)CC2(CCC(=O)OCC)C1=O. The van der Waals surface area contributed by atoms with Gasteiger partial charge in [-0.1, -0.05) is 24.6 Å². The number of nitrogens with zero attached hydrogens (tertiary/aromatic N) is 2. The molecule has 122 valence electrons. The van der Waals surface area contributed by atoms with Crippen LogP contribution in [0.15, 0.2) is 11.1 Å². The first-order valence-electron chi connectivity index (χ1n) is 7.60. The number of rotatable bonds is 6. The third-order valence-corrected chi connectivity index (χ3v) is 4.36. The molecule has 22 heavy (non-hydrogen) atoms. The normalized spacial score (nSPS) is 24.4. The van der Waals surface area contributed by atoms with Crippen molar-refractivity contribution in [2.24, 2.45) is 0 Å². The van der Waals surface area contributed by atoms with Gasteiger partial charge in [-0.2, -0.15) is 0 Å². The molecule has 0 aromatic heterocycles. The zero-order valence-corrected chi connectivity index (χ0v) is 13.7. The van der Waals surface area contributed by atoms with Gasteiger partial charge in [0.2, 0.25) is 0 Å². The van der Waals surface area contributed by atoms with Gasteiger partial charge in [0.15, 0.2) is 0 Å². The predicted molar refractivity (Wildman–Crippen MR) is 81.3 cm³/mol. The quantitative estimate of drug-likeness (QED) is 0.554. The van der Waals surface area contributed by atoms with E-state index in [1.165, 1.54) is 9.80 Å². The van der Waals surface area contributed by atoms with Crippen molar-refractivity contribution in [1.29, 1.82) is 0 Å². The molecule has 2 rings (SSSR count). The third-order valence-electron chi connectivity index (χ3n) is 4.07. The number of imide groups is 1. The van der Waals surface area contributed by atoms with E-state index in [4.69, 9.17) is 16.3 Å². The third kappa shape index (κ3) is 2.84. The van der Waals surface area contributed by atoms with E-state index in [1.54, 1.807) is 13.0 Å². The van der Waals surface area contributed by atoms with Crippen LogP contribution in [0.5, 0.6) is 0 Å². The van der Waals surface area contributed by atoms with Gasteiger partial charge >= 0.3 is 12.0 Å². The Kier molecular flexibility index (Phi) is 5.11. The first-order chi connectivity index (χ1) is 10.5. The molecule has 0 aliphatic carbocycles. The second kappa shape index (κ2) is 6.69. The molecule has 0 aromatic carbocycles. The van der Waals surface area contributed by atoms with Crippen molar-refractivity contribution in [3.8, 4) is 0 Å². The number of carbonyl (C=O) groups is 3. The van der Waals surface area contributed by atoms with Crippen molar-refractivity contribution < 1.29 is 19.1 Å². The zero-order chi connectivity index (χ0) is 16.3. The summed E-state index contributed by atoms with van der Waals surface area (Å²) in [4.78, 5) is 39.7. The monoisotopic (exact) mass is 328 g/mol. The average Bonchev–Trinajstić information content (AvgIpc) is 2.68. The summed E-state index contributed by atoms with van der Waals surface area (Å²) in [5.41, 5.74) is -1.04.